The van der Waals surface area contributed by atoms with Crippen molar-refractivity contribution in [2.45, 2.75) is 23.4 Å². The lowest BCUT2D eigenvalue weighted by molar-refractivity contribution is 0.592. The van der Waals surface area contributed by atoms with Crippen molar-refractivity contribution < 1.29 is 8.42 Å². The SMILES string of the molecule is Cc1ccc(CNc2nc3c(S(=O)(=O)c4ccc(Br)cc4)nnn3c3ccsc23)cc1. The van der Waals surface area contributed by atoms with Gasteiger partial charge in [-0.2, -0.15) is 4.52 Å². The van der Waals surface area contributed by atoms with Gasteiger partial charge in [0.25, 0.3) is 0 Å². The number of anilines is 1. The van der Waals surface area contributed by atoms with Crippen LogP contribution in [-0.2, 0) is 16.4 Å². The van der Waals surface area contributed by atoms with E-state index in [1.165, 1.54) is 33.5 Å². The van der Waals surface area contributed by atoms with E-state index in [1.807, 2.05) is 18.4 Å². The second-order valence-electron chi connectivity index (χ2n) is 7.02. The maximum absolute atomic E-state index is 13.2. The van der Waals surface area contributed by atoms with Crippen molar-refractivity contribution in [2.75, 3.05) is 5.32 Å². The first-order valence-corrected chi connectivity index (χ1v) is 12.5. The molecule has 0 aliphatic heterocycles. The zero-order valence-corrected chi connectivity index (χ0v) is 19.5. The summed E-state index contributed by atoms with van der Waals surface area (Å²) in [4.78, 5) is 4.76. The smallest absolute Gasteiger partial charge is 0.229 e. The van der Waals surface area contributed by atoms with Crippen LogP contribution >= 0.6 is 27.3 Å². The van der Waals surface area contributed by atoms with Crippen LogP contribution in [0, 0.1) is 6.92 Å². The van der Waals surface area contributed by atoms with Crippen LogP contribution in [0.25, 0.3) is 15.9 Å². The summed E-state index contributed by atoms with van der Waals surface area (Å²) in [7, 11) is -3.88. The zero-order chi connectivity index (χ0) is 21.6. The molecule has 5 aromatic rings. The molecule has 5 rings (SSSR count). The lowest BCUT2D eigenvalue weighted by Crippen LogP contribution is -2.06. The Morgan fingerprint density at radius 2 is 1.81 bits per heavy atom. The van der Waals surface area contributed by atoms with Gasteiger partial charge in [0.1, 0.15) is 5.82 Å². The maximum atomic E-state index is 13.2. The number of hydrogen-bond donors (Lipinski definition) is 1. The van der Waals surface area contributed by atoms with Crippen LogP contribution in [-0.4, -0.2) is 28.2 Å². The van der Waals surface area contributed by atoms with E-state index in [2.05, 4.69) is 60.8 Å². The minimum atomic E-state index is -3.88. The highest BCUT2D eigenvalue weighted by Crippen LogP contribution is 2.31. The second-order valence-corrected chi connectivity index (χ2v) is 10.7. The van der Waals surface area contributed by atoms with Gasteiger partial charge in [0.05, 0.1) is 15.1 Å². The molecule has 7 nitrogen and oxygen atoms in total. The van der Waals surface area contributed by atoms with Crippen molar-refractivity contribution in [3.63, 3.8) is 0 Å². The molecule has 0 bridgehead atoms. The number of fused-ring (bicyclic) bond motifs is 3. The fourth-order valence-corrected chi connectivity index (χ4v) is 5.57. The quantitative estimate of drug-likeness (QED) is 0.361. The Balaban J connectivity index is 1.61. The Kier molecular flexibility index (Phi) is 4.99. The average molecular weight is 514 g/mol. The molecule has 0 spiro atoms. The van der Waals surface area contributed by atoms with Crippen molar-refractivity contribution in [1.82, 2.24) is 19.8 Å². The molecule has 0 atom stereocenters. The molecule has 31 heavy (non-hydrogen) atoms. The fourth-order valence-electron chi connectivity index (χ4n) is 3.23. The zero-order valence-electron chi connectivity index (χ0n) is 16.3. The molecule has 3 aromatic heterocycles. The Labute approximate surface area is 190 Å². The van der Waals surface area contributed by atoms with Gasteiger partial charge in [-0.05, 0) is 48.2 Å². The van der Waals surface area contributed by atoms with Crippen LogP contribution in [0.15, 0.2) is 74.4 Å². The summed E-state index contributed by atoms with van der Waals surface area (Å²) in [6.45, 7) is 2.61. The van der Waals surface area contributed by atoms with E-state index in [9.17, 15) is 8.42 Å². The van der Waals surface area contributed by atoms with Crippen molar-refractivity contribution in [3.05, 3.63) is 75.6 Å². The molecular weight excluding hydrogens is 498 g/mol. The van der Waals surface area contributed by atoms with Crippen LogP contribution in [0.2, 0.25) is 0 Å². The van der Waals surface area contributed by atoms with E-state index in [0.717, 1.165) is 20.3 Å². The van der Waals surface area contributed by atoms with Crippen molar-refractivity contribution in [3.8, 4) is 0 Å². The van der Waals surface area contributed by atoms with E-state index >= 15 is 0 Å². The highest BCUT2D eigenvalue weighted by molar-refractivity contribution is 9.10. The Morgan fingerprint density at radius 3 is 2.55 bits per heavy atom. The predicted molar refractivity (Wildman–Crippen MR) is 124 cm³/mol. The van der Waals surface area contributed by atoms with E-state index in [-0.39, 0.29) is 15.6 Å². The number of halogens is 1. The summed E-state index contributed by atoms with van der Waals surface area (Å²) in [6.07, 6.45) is 0. The summed E-state index contributed by atoms with van der Waals surface area (Å²) in [5.74, 6) is 0.604. The normalized spacial score (nSPS) is 11.9. The van der Waals surface area contributed by atoms with E-state index < -0.39 is 9.84 Å². The number of aromatic nitrogens is 4. The second kappa shape index (κ2) is 7.70. The largest absolute Gasteiger partial charge is 0.365 e. The van der Waals surface area contributed by atoms with Crippen molar-refractivity contribution >= 4 is 58.8 Å². The molecule has 0 fully saturated rings. The molecule has 10 heteroatoms. The third-order valence-electron chi connectivity index (χ3n) is 4.88. The molecule has 0 amide bonds. The summed E-state index contributed by atoms with van der Waals surface area (Å²) in [6, 6.07) is 16.5. The molecule has 0 aliphatic rings. The summed E-state index contributed by atoms with van der Waals surface area (Å²) < 4.78 is 29.6. The van der Waals surface area contributed by atoms with E-state index in [1.54, 1.807) is 12.1 Å². The van der Waals surface area contributed by atoms with Crippen LogP contribution in [0.1, 0.15) is 11.1 Å². The van der Waals surface area contributed by atoms with Gasteiger partial charge < -0.3 is 5.32 Å². The summed E-state index contributed by atoms with van der Waals surface area (Å²) in [5.41, 5.74) is 3.25. The van der Waals surface area contributed by atoms with Gasteiger partial charge in [-0.25, -0.2) is 13.4 Å². The minimum Gasteiger partial charge on any atom is -0.365 e. The van der Waals surface area contributed by atoms with Gasteiger partial charge in [0.2, 0.25) is 14.9 Å². The van der Waals surface area contributed by atoms with Gasteiger partial charge in [-0.3, -0.25) is 0 Å². The standard InChI is InChI=1S/C21H16BrN5O2S2/c1-13-2-4-14(5-3-13)12-23-19-18-17(10-11-30-18)27-20(24-19)21(25-26-27)31(28,29)16-8-6-15(22)7-9-16/h2-11H,12H2,1H3,(H,23,24). The molecule has 0 radical (unpaired) electrons. The van der Waals surface area contributed by atoms with Crippen molar-refractivity contribution in [1.29, 1.82) is 0 Å². The maximum Gasteiger partial charge on any atom is 0.229 e. The first-order valence-electron chi connectivity index (χ1n) is 9.36. The number of aryl methyl sites for hydroxylation is 1. The monoisotopic (exact) mass is 513 g/mol. The topological polar surface area (TPSA) is 89.2 Å². The van der Waals surface area contributed by atoms with Gasteiger partial charge in [-0.15, -0.1) is 16.4 Å². The predicted octanol–water partition coefficient (Wildman–Crippen LogP) is 4.85. The number of nitrogens with one attached hydrogen (secondary N) is 1. The number of hydrogen-bond acceptors (Lipinski definition) is 7. The number of benzene rings is 2. The highest BCUT2D eigenvalue weighted by Gasteiger charge is 2.27. The molecule has 0 saturated carbocycles. The number of thiophene rings is 1. The Hall–Kier alpha value is -2.82. The molecule has 3 heterocycles. The van der Waals surface area contributed by atoms with E-state index in [4.69, 9.17) is 0 Å². The van der Waals surface area contributed by atoms with Gasteiger partial charge in [0, 0.05) is 11.0 Å². The molecule has 1 N–H and O–H groups in total. The number of sulfone groups is 1. The van der Waals surface area contributed by atoms with Crippen LogP contribution in [0.4, 0.5) is 5.82 Å². The van der Waals surface area contributed by atoms with E-state index in [0.29, 0.717) is 12.4 Å². The molecule has 2 aromatic carbocycles. The van der Waals surface area contributed by atoms with Crippen LogP contribution < -0.4 is 5.32 Å². The first kappa shape index (κ1) is 20.1. The highest BCUT2D eigenvalue weighted by atomic mass is 79.9. The fraction of sp³-hybridized carbons (Fsp3) is 0.0952. The van der Waals surface area contributed by atoms with Crippen LogP contribution in [0.3, 0.4) is 0 Å². The number of rotatable bonds is 5. The molecule has 0 unspecified atom stereocenters. The molecule has 0 aliphatic carbocycles. The van der Waals surface area contributed by atoms with Crippen LogP contribution in [0.5, 0.6) is 0 Å². The van der Waals surface area contributed by atoms with Gasteiger partial charge >= 0.3 is 0 Å². The average Bonchev–Trinajstić information content (AvgIpc) is 3.40. The Morgan fingerprint density at radius 1 is 1.06 bits per heavy atom. The molecule has 156 valence electrons. The molecular formula is C21H16BrN5O2S2. The third kappa shape index (κ3) is 3.60. The first-order chi connectivity index (χ1) is 14.9. The van der Waals surface area contributed by atoms with Gasteiger partial charge in [0.15, 0.2) is 5.65 Å². The van der Waals surface area contributed by atoms with Gasteiger partial charge in [-0.1, -0.05) is 51.0 Å². The summed E-state index contributed by atoms with van der Waals surface area (Å²) in [5, 5.41) is 13.2. The molecule has 0 saturated heterocycles. The Bertz CT molecular complexity index is 1510. The summed E-state index contributed by atoms with van der Waals surface area (Å²) >= 11 is 4.84. The lowest BCUT2D eigenvalue weighted by Gasteiger charge is -2.09. The number of nitrogens with zero attached hydrogens (tertiary/aromatic N) is 4. The minimum absolute atomic E-state index is 0.138. The third-order valence-corrected chi connectivity index (χ3v) is 7.99. The van der Waals surface area contributed by atoms with Crippen molar-refractivity contribution in [2.24, 2.45) is 0 Å². The lowest BCUT2D eigenvalue weighted by atomic mass is 10.1.